The van der Waals surface area contributed by atoms with Gasteiger partial charge in [-0.3, -0.25) is 9.35 Å². The van der Waals surface area contributed by atoms with Crippen LogP contribution in [0.5, 0.6) is 0 Å². The van der Waals surface area contributed by atoms with E-state index in [-0.39, 0.29) is 5.57 Å². The normalized spacial score (nSPS) is 13.3. The van der Waals surface area contributed by atoms with E-state index in [4.69, 9.17) is 4.55 Å². The van der Waals surface area contributed by atoms with Crippen LogP contribution in [0, 0.1) is 0 Å². The molecule has 146 valence electrons. The van der Waals surface area contributed by atoms with Gasteiger partial charge in [0.1, 0.15) is 12.4 Å². The second-order valence-electron chi connectivity index (χ2n) is 4.69. The zero-order chi connectivity index (χ0) is 20.3. The molecule has 7 nitrogen and oxygen atoms in total. The number of halogens is 6. The summed E-state index contributed by atoms with van der Waals surface area (Å²) in [4.78, 5) is 22.2. The standard InChI is InChI=1S/C11H12F6O7S/c1-6(2)8(19)23-4-3-7(18)24-9(10(12,13)14,11(15,16)17)5-25(20,21)22/h1,3-5H2,2H3,(H,20,21,22). The van der Waals surface area contributed by atoms with E-state index in [0.29, 0.717) is 0 Å². The quantitative estimate of drug-likeness (QED) is 0.299. The maximum Gasteiger partial charge on any atom is 0.438 e. The molecule has 0 amide bonds. The first-order valence-corrected chi connectivity index (χ1v) is 7.67. The lowest BCUT2D eigenvalue weighted by molar-refractivity contribution is -0.361. The molecule has 0 unspecified atom stereocenters. The summed E-state index contributed by atoms with van der Waals surface area (Å²) in [7, 11) is -5.85. The minimum absolute atomic E-state index is 0.153. The Bertz CT molecular complexity index is 620. The molecule has 0 spiro atoms. The molecule has 0 aromatic carbocycles. The first kappa shape index (κ1) is 23.2. The Kier molecular flexibility index (Phi) is 7.04. The van der Waals surface area contributed by atoms with E-state index in [1.165, 1.54) is 6.92 Å². The fraction of sp³-hybridized carbons (Fsp3) is 0.636. The topological polar surface area (TPSA) is 107 Å². The molecule has 0 aromatic rings. The van der Waals surface area contributed by atoms with E-state index >= 15 is 0 Å². The van der Waals surface area contributed by atoms with Crippen molar-refractivity contribution in [3.05, 3.63) is 12.2 Å². The molecule has 14 heteroatoms. The number of hydrogen-bond acceptors (Lipinski definition) is 6. The lowest BCUT2D eigenvalue weighted by Gasteiger charge is -2.35. The van der Waals surface area contributed by atoms with Crippen molar-refractivity contribution in [2.75, 3.05) is 12.4 Å². The van der Waals surface area contributed by atoms with Crippen molar-refractivity contribution < 1.29 is 58.4 Å². The van der Waals surface area contributed by atoms with E-state index < -0.39 is 58.8 Å². The highest BCUT2D eigenvalue weighted by Crippen LogP contribution is 2.46. The van der Waals surface area contributed by atoms with Crippen LogP contribution < -0.4 is 0 Å². The highest BCUT2D eigenvalue weighted by molar-refractivity contribution is 7.85. The highest BCUT2D eigenvalue weighted by atomic mass is 32.2. The predicted octanol–water partition coefficient (Wildman–Crippen LogP) is 1.79. The third kappa shape index (κ3) is 6.53. The Balaban J connectivity index is 5.47. The highest BCUT2D eigenvalue weighted by Gasteiger charge is 2.75. The molecular formula is C11H12F6O7S. The SMILES string of the molecule is C=C(C)C(=O)OCCC(=O)OC(CS(=O)(=O)O)(C(F)(F)F)C(F)(F)F. The van der Waals surface area contributed by atoms with E-state index in [1.807, 2.05) is 0 Å². The molecular weight excluding hydrogens is 390 g/mol. The molecule has 0 aromatic heterocycles. The first-order chi connectivity index (χ1) is 10.9. The van der Waals surface area contributed by atoms with Gasteiger partial charge >= 0.3 is 29.9 Å². The van der Waals surface area contributed by atoms with Crippen molar-refractivity contribution in [2.24, 2.45) is 0 Å². The Morgan fingerprint density at radius 2 is 1.52 bits per heavy atom. The molecule has 0 saturated heterocycles. The molecule has 0 rings (SSSR count). The minimum Gasteiger partial charge on any atom is -0.462 e. The summed E-state index contributed by atoms with van der Waals surface area (Å²) in [6.07, 6.45) is -14.1. The van der Waals surface area contributed by atoms with Gasteiger partial charge in [-0.1, -0.05) is 6.58 Å². The van der Waals surface area contributed by atoms with Gasteiger partial charge in [-0.15, -0.1) is 0 Å². The van der Waals surface area contributed by atoms with Gasteiger partial charge in [0.25, 0.3) is 10.1 Å². The Morgan fingerprint density at radius 1 is 1.08 bits per heavy atom. The fourth-order valence-corrected chi connectivity index (χ4v) is 2.22. The first-order valence-electron chi connectivity index (χ1n) is 6.06. The number of carbonyl (C=O) groups excluding carboxylic acids is 2. The molecule has 0 aliphatic carbocycles. The smallest absolute Gasteiger partial charge is 0.438 e. The van der Waals surface area contributed by atoms with Crippen LogP contribution in [0.1, 0.15) is 13.3 Å². The molecule has 0 heterocycles. The maximum atomic E-state index is 12.8. The lowest BCUT2D eigenvalue weighted by atomic mass is 10.1. The number of hydrogen-bond donors (Lipinski definition) is 1. The van der Waals surface area contributed by atoms with Crippen LogP contribution in [0.4, 0.5) is 26.3 Å². The molecule has 1 N–H and O–H groups in total. The van der Waals surface area contributed by atoms with Crippen LogP contribution in [-0.2, 0) is 29.2 Å². The molecule has 0 aliphatic heterocycles. The zero-order valence-corrected chi connectivity index (χ0v) is 13.2. The predicted molar refractivity (Wildman–Crippen MR) is 67.7 cm³/mol. The van der Waals surface area contributed by atoms with Crippen molar-refractivity contribution in [1.29, 1.82) is 0 Å². The van der Waals surface area contributed by atoms with Crippen LogP contribution in [0.25, 0.3) is 0 Å². The lowest BCUT2D eigenvalue weighted by Crippen LogP contribution is -2.63. The van der Waals surface area contributed by atoms with E-state index in [0.717, 1.165) is 0 Å². The van der Waals surface area contributed by atoms with Gasteiger partial charge in [-0.2, -0.15) is 34.8 Å². The van der Waals surface area contributed by atoms with Crippen LogP contribution >= 0.6 is 0 Å². The van der Waals surface area contributed by atoms with Crippen molar-refractivity contribution in [3.63, 3.8) is 0 Å². The van der Waals surface area contributed by atoms with Crippen LogP contribution in [0.2, 0.25) is 0 Å². The fourth-order valence-electron chi connectivity index (χ4n) is 1.32. The van der Waals surface area contributed by atoms with Gasteiger partial charge in [0.2, 0.25) is 0 Å². The second-order valence-corrected chi connectivity index (χ2v) is 6.14. The maximum absolute atomic E-state index is 12.8. The van der Waals surface area contributed by atoms with Crippen LogP contribution in [0.15, 0.2) is 12.2 Å². The summed E-state index contributed by atoms with van der Waals surface area (Å²) in [6.45, 7) is 3.38. The summed E-state index contributed by atoms with van der Waals surface area (Å²) in [5.74, 6) is -6.21. The summed E-state index contributed by atoms with van der Waals surface area (Å²) < 4.78 is 114. The largest absolute Gasteiger partial charge is 0.462 e. The van der Waals surface area contributed by atoms with Crippen molar-refractivity contribution >= 4 is 22.1 Å². The number of esters is 2. The van der Waals surface area contributed by atoms with Gasteiger partial charge < -0.3 is 9.47 Å². The summed E-state index contributed by atoms with van der Waals surface area (Å²) in [6, 6.07) is 0. The minimum atomic E-state index is -6.41. The van der Waals surface area contributed by atoms with E-state index in [9.17, 15) is 44.3 Å². The molecule has 0 aliphatic rings. The van der Waals surface area contributed by atoms with Crippen LogP contribution in [0.3, 0.4) is 0 Å². The van der Waals surface area contributed by atoms with Crippen molar-refractivity contribution in [1.82, 2.24) is 0 Å². The zero-order valence-electron chi connectivity index (χ0n) is 12.4. The third-order valence-corrected chi connectivity index (χ3v) is 3.25. The molecule has 25 heavy (non-hydrogen) atoms. The number of carbonyl (C=O) groups is 2. The van der Waals surface area contributed by atoms with Gasteiger partial charge in [0.15, 0.2) is 0 Å². The van der Waals surface area contributed by atoms with Crippen LogP contribution in [-0.4, -0.2) is 55.2 Å². The van der Waals surface area contributed by atoms with Gasteiger partial charge in [0, 0.05) is 5.57 Å². The van der Waals surface area contributed by atoms with Gasteiger partial charge in [-0.25, -0.2) is 4.79 Å². The Morgan fingerprint density at radius 3 is 1.84 bits per heavy atom. The summed E-state index contributed by atoms with van der Waals surface area (Å²) >= 11 is 0. The van der Waals surface area contributed by atoms with Gasteiger partial charge in [-0.05, 0) is 6.92 Å². The second kappa shape index (κ2) is 7.59. The van der Waals surface area contributed by atoms with Crippen molar-refractivity contribution in [2.45, 2.75) is 31.3 Å². The average Bonchev–Trinajstić information content (AvgIpc) is 2.33. The average molecular weight is 402 g/mol. The monoisotopic (exact) mass is 402 g/mol. The molecule has 0 radical (unpaired) electrons. The van der Waals surface area contributed by atoms with Crippen molar-refractivity contribution in [3.8, 4) is 0 Å². The Hall–Kier alpha value is -1.83. The molecule has 0 fully saturated rings. The molecule has 0 saturated carbocycles. The van der Waals surface area contributed by atoms with E-state index in [2.05, 4.69) is 16.1 Å². The third-order valence-electron chi connectivity index (χ3n) is 2.48. The molecule has 0 atom stereocenters. The van der Waals surface area contributed by atoms with Gasteiger partial charge in [0.05, 0.1) is 6.42 Å². The summed E-state index contributed by atoms with van der Waals surface area (Å²) in [5.41, 5.74) is -5.64. The number of alkyl halides is 6. The number of ether oxygens (including phenoxy) is 2. The number of rotatable bonds is 7. The molecule has 0 bridgehead atoms. The van der Waals surface area contributed by atoms with E-state index in [1.54, 1.807) is 0 Å². The Labute approximate surface area is 137 Å². The summed E-state index contributed by atoms with van der Waals surface area (Å²) in [5, 5.41) is 0.